The fourth-order valence-electron chi connectivity index (χ4n) is 1.60. The molecule has 60 valence electrons. The number of hydrogen-bond acceptors (Lipinski definition) is 4. The molecule has 0 aromatic rings. The monoisotopic (exact) mass is 156 g/mol. The smallest absolute Gasteiger partial charge is 0.323 e. The molecule has 1 aliphatic carbocycles. The SMILES string of the molecule is COC(=O)[C@]12C[C@@H]1COC2=O. The maximum absolute atomic E-state index is 11.1. The lowest BCUT2D eigenvalue weighted by Crippen LogP contribution is -2.25. The van der Waals surface area contributed by atoms with Crippen LogP contribution < -0.4 is 0 Å². The van der Waals surface area contributed by atoms with E-state index >= 15 is 0 Å². The predicted molar refractivity (Wildman–Crippen MR) is 33.5 cm³/mol. The molecule has 0 spiro atoms. The van der Waals surface area contributed by atoms with Crippen LogP contribution in [0, 0.1) is 11.3 Å². The van der Waals surface area contributed by atoms with Gasteiger partial charge in [-0.25, -0.2) is 0 Å². The number of methoxy groups -OCH3 is 1. The highest BCUT2D eigenvalue weighted by Gasteiger charge is 2.72. The maximum Gasteiger partial charge on any atom is 0.323 e. The molecule has 0 aromatic carbocycles. The number of cyclic esters (lactones) is 1. The largest absolute Gasteiger partial charge is 0.468 e. The molecule has 0 N–H and O–H groups in total. The Labute approximate surface area is 63.5 Å². The Bertz CT molecular complexity index is 235. The van der Waals surface area contributed by atoms with Gasteiger partial charge < -0.3 is 9.47 Å². The predicted octanol–water partition coefficient (Wildman–Crippen LogP) is -0.278. The third-order valence-corrected chi connectivity index (χ3v) is 2.43. The molecular formula is C7H8O4. The molecule has 2 aliphatic rings. The van der Waals surface area contributed by atoms with E-state index < -0.39 is 17.4 Å². The quantitative estimate of drug-likeness (QED) is 0.387. The molecule has 1 heterocycles. The number of carbonyl (C=O) groups is 2. The van der Waals surface area contributed by atoms with Crippen LogP contribution in [0.1, 0.15) is 6.42 Å². The van der Waals surface area contributed by atoms with Gasteiger partial charge in [0.05, 0.1) is 13.7 Å². The second-order valence-electron chi connectivity index (χ2n) is 2.96. The second kappa shape index (κ2) is 1.75. The van der Waals surface area contributed by atoms with E-state index in [9.17, 15) is 9.59 Å². The highest BCUT2D eigenvalue weighted by Crippen LogP contribution is 2.58. The van der Waals surface area contributed by atoms with Crippen LogP contribution >= 0.6 is 0 Å². The molecule has 11 heavy (non-hydrogen) atoms. The van der Waals surface area contributed by atoms with Gasteiger partial charge in [-0.05, 0) is 6.42 Å². The molecule has 0 bridgehead atoms. The van der Waals surface area contributed by atoms with Crippen molar-refractivity contribution >= 4 is 11.9 Å². The number of carbonyl (C=O) groups excluding carboxylic acids is 2. The van der Waals surface area contributed by atoms with Gasteiger partial charge in [0.15, 0.2) is 5.41 Å². The molecule has 0 aromatic heterocycles. The molecule has 2 atom stereocenters. The Kier molecular flexibility index (Phi) is 1.06. The minimum Gasteiger partial charge on any atom is -0.468 e. The van der Waals surface area contributed by atoms with Crippen LogP contribution in [0.15, 0.2) is 0 Å². The van der Waals surface area contributed by atoms with Crippen molar-refractivity contribution in [1.29, 1.82) is 0 Å². The molecule has 1 saturated carbocycles. The average Bonchev–Trinajstić information content (AvgIpc) is 2.68. The number of hydrogen-bond donors (Lipinski definition) is 0. The first-order chi connectivity index (χ1) is 5.21. The minimum atomic E-state index is -0.894. The normalized spacial score (nSPS) is 39.4. The van der Waals surface area contributed by atoms with Gasteiger partial charge in [0.2, 0.25) is 0 Å². The summed E-state index contributed by atoms with van der Waals surface area (Å²) in [5.41, 5.74) is -0.894. The summed E-state index contributed by atoms with van der Waals surface area (Å²) in [5, 5.41) is 0. The van der Waals surface area contributed by atoms with E-state index in [1.165, 1.54) is 7.11 Å². The Morgan fingerprint density at radius 3 is 2.91 bits per heavy atom. The van der Waals surface area contributed by atoms with E-state index in [1.54, 1.807) is 0 Å². The summed E-state index contributed by atoms with van der Waals surface area (Å²) in [4.78, 5) is 22.1. The van der Waals surface area contributed by atoms with Gasteiger partial charge in [0.1, 0.15) is 0 Å². The highest BCUT2D eigenvalue weighted by atomic mass is 16.6. The summed E-state index contributed by atoms with van der Waals surface area (Å²) in [5.74, 6) is -0.762. The van der Waals surface area contributed by atoms with E-state index in [4.69, 9.17) is 4.74 Å². The zero-order chi connectivity index (χ0) is 8.06. The van der Waals surface area contributed by atoms with Gasteiger partial charge >= 0.3 is 11.9 Å². The molecule has 4 heteroatoms. The van der Waals surface area contributed by atoms with E-state index in [1.807, 2.05) is 0 Å². The van der Waals surface area contributed by atoms with Gasteiger partial charge in [-0.15, -0.1) is 0 Å². The Morgan fingerprint density at radius 2 is 2.55 bits per heavy atom. The van der Waals surface area contributed by atoms with Gasteiger partial charge in [-0.1, -0.05) is 0 Å². The molecule has 0 radical (unpaired) electrons. The topological polar surface area (TPSA) is 52.6 Å². The Balaban J connectivity index is 2.24. The fourth-order valence-corrected chi connectivity index (χ4v) is 1.60. The van der Waals surface area contributed by atoms with Crippen molar-refractivity contribution < 1.29 is 19.1 Å². The highest BCUT2D eigenvalue weighted by molar-refractivity contribution is 6.05. The lowest BCUT2D eigenvalue weighted by molar-refractivity contribution is -0.158. The molecule has 2 fully saturated rings. The third-order valence-electron chi connectivity index (χ3n) is 2.43. The first-order valence-electron chi connectivity index (χ1n) is 3.47. The van der Waals surface area contributed by atoms with Gasteiger partial charge in [0, 0.05) is 5.92 Å². The van der Waals surface area contributed by atoms with Crippen molar-refractivity contribution in [3.63, 3.8) is 0 Å². The van der Waals surface area contributed by atoms with Crippen molar-refractivity contribution in [3.8, 4) is 0 Å². The summed E-state index contributed by atoms with van der Waals surface area (Å²) >= 11 is 0. The summed E-state index contributed by atoms with van der Waals surface area (Å²) in [6, 6.07) is 0. The summed E-state index contributed by atoms with van der Waals surface area (Å²) in [7, 11) is 1.29. The lowest BCUT2D eigenvalue weighted by Gasteiger charge is -2.04. The van der Waals surface area contributed by atoms with Gasteiger partial charge in [-0.2, -0.15) is 0 Å². The molecule has 1 saturated heterocycles. The van der Waals surface area contributed by atoms with Crippen molar-refractivity contribution in [2.75, 3.05) is 13.7 Å². The standard InChI is InChI=1S/C7H8O4/c1-10-5(8)7-2-4(7)3-11-6(7)9/h4H,2-3H2,1H3/t4-,7+/m1/s1. The van der Waals surface area contributed by atoms with E-state index in [0.29, 0.717) is 13.0 Å². The summed E-state index contributed by atoms with van der Waals surface area (Å²) in [6.45, 7) is 0.383. The molecule has 0 unspecified atom stereocenters. The first kappa shape index (κ1) is 6.64. The molecule has 4 nitrogen and oxygen atoms in total. The first-order valence-corrected chi connectivity index (χ1v) is 3.47. The molecule has 1 aliphatic heterocycles. The Hall–Kier alpha value is -1.06. The number of fused-ring (bicyclic) bond motifs is 1. The number of ether oxygens (including phenoxy) is 2. The van der Waals surface area contributed by atoms with Gasteiger partial charge in [-0.3, -0.25) is 9.59 Å². The van der Waals surface area contributed by atoms with Crippen LogP contribution in [0.5, 0.6) is 0 Å². The van der Waals surface area contributed by atoms with Crippen molar-refractivity contribution in [3.05, 3.63) is 0 Å². The van der Waals surface area contributed by atoms with E-state index in [0.717, 1.165) is 0 Å². The van der Waals surface area contributed by atoms with Crippen LogP contribution in [-0.4, -0.2) is 25.7 Å². The van der Waals surface area contributed by atoms with Crippen LogP contribution in [0.25, 0.3) is 0 Å². The molecular weight excluding hydrogens is 148 g/mol. The average molecular weight is 156 g/mol. The van der Waals surface area contributed by atoms with Crippen molar-refractivity contribution in [2.24, 2.45) is 11.3 Å². The fraction of sp³-hybridized carbons (Fsp3) is 0.714. The van der Waals surface area contributed by atoms with Crippen molar-refractivity contribution in [2.45, 2.75) is 6.42 Å². The zero-order valence-electron chi connectivity index (χ0n) is 6.12. The van der Waals surface area contributed by atoms with Crippen LogP contribution in [0.4, 0.5) is 0 Å². The number of rotatable bonds is 1. The van der Waals surface area contributed by atoms with E-state index in [-0.39, 0.29) is 5.92 Å². The maximum atomic E-state index is 11.1. The third kappa shape index (κ3) is 0.593. The van der Waals surface area contributed by atoms with Crippen LogP contribution in [0.3, 0.4) is 0 Å². The van der Waals surface area contributed by atoms with Crippen molar-refractivity contribution in [1.82, 2.24) is 0 Å². The van der Waals surface area contributed by atoms with E-state index in [2.05, 4.69) is 4.74 Å². The zero-order valence-corrected chi connectivity index (χ0v) is 6.12. The summed E-state index contributed by atoms with van der Waals surface area (Å²) < 4.78 is 9.21. The summed E-state index contributed by atoms with van der Waals surface area (Å²) in [6.07, 6.45) is 0.610. The molecule has 2 rings (SSSR count). The Morgan fingerprint density at radius 1 is 1.82 bits per heavy atom. The molecule has 0 amide bonds. The van der Waals surface area contributed by atoms with Gasteiger partial charge in [0.25, 0.3) is 0 Å². The van der Waals surface area contributed by atoms with Crippen LogP contribution in [0.2, 0.25) is 0 Å². The van der Waals surface area contributed by atoms with Crippen LogP contribution in [-0.2, 0) is 19.1 Å². The second-order valence-corrected chi connectivity index (χ2v) is 2.96. The number of esters is 2. The lowest BCUT2D eigenvalue weighted by atomic mass is 10.1. The minimum absolute atomic E-state index is 0.0856.